The van der Waals surface area contributed by atoms with Crippen LogP contribution < -0.4 is 24.8 Å². The van der Waals surface area contributed by atoms with Gasteiger partial charge in [0, 0.05) is 26.2 Å². The second kappa shape index (κ2) is 12.3. The molecular weight excluding hydrogens is 543 g/mol. The molecule has 1 aliphatic rings. The highest BCUT2D eigenvalue weighted by molar-refractivity contribution is 14.0. The average Bonchev–Trinajstić information content (AvgIpc) is 3.18. The number of halogens is 1. The topological polar surface area (TPSA) is 101 Å². The summed E-state index contributed by atoms with van der Waals surface area (Å²) in [7, 11) is -1.69. The second-order valence-electron chi connectivity index (χ2n) is 7.59. The summed E-state index contributed by atoms with van der Waals surface area (Å²) in [5, 5.41) is 6.55. The van der Waals surface area contributed by atoms with Crippen molar-refractivity contribution in [2.45, 2.75) is 38.6 Å². The molecule has 1 aliphatic heterocycles. The van der Waals surface area contributed by atoms with E-state index >= 15 is 0 Å². The van der Waals surface area contributed by atoms with E-state index in [1.165, 1.54) is 0 Å². The zero-order valence-corrected chi connectivity index (χ0v) is 21.7. The van der Waals surface area contributed by atoms with Crippen molar-refractivity contribution in [3.8, 4) is 11.5 Å². The molecule has 0 saturated carbocycles. The van der Waals surface area contributed by atoms with Crippen LogP contribution in [0.5, 0.6) is 11.5 Å². The molecular formula is C22H31IN4O4S. The van der Waals surface area contributed by atoms with Crippen LogP contribution >= 0.6 is 24.0 Å². The number of nitrogens with zero attached hydrogens (tertiary/aromatic N) is 1. The van der Waals surface area contributed by atoms with Crippen molar-refractivity contribution in [3.05, 3.63) is 59.2 Å². The Morgan fingerprint density at radius 2 is 1.78 bits per heavy atom. The molecule has 176 valence electrons. The van der Waals surface area contributed by atoms with E-state index in [1.54, 1.807) is 7.05 Å². The standard InChI is InChI=1S/C22H30N4O4S.HI/c1-16(2)26-31(27,28)14-19-7-5-4-6-18(19)13-25-22(23-3)24-11-10-17-8-9-20-21(12-17)30-15-29-20;/h4-9,12,16,26H,10-11,13-15H2,1-3H3,(H2,23,24,25);1H. The van der Waals surface area contributed by atoms with Crippen LogP contribution in [0.25, 0.3) is 0 Å². The third-order valence-electron chi connectivity index (χ3n) is 4.69. The van der Waals surface area contributed by atoms with Crippen LogP contribution in [0.4, 0.5) is 0 Å². The zero-order valence-electron chi connectivity index (χ0n) is 18.6. The molecule has 0 unspecified atom stereocenters. The molecule has 0 fully saturated rings. The minimum atomic E-state index is -3.39. The summed E-state index contributed by atoms with van der Waals surface area (Å²) in [5.41, 5.74) is 2.81. The van der Waals surface area contributed by atoms with Crippen molar-refractivity contribution in [2.75, 3.05) is 20.4 Å². The van der Waals surface area contributed by atoms with E-state index in [1.807, 2.05) is 56.3 Å². The Morgan fingerprint density at radius 1 is 1.06 bits per heavy atom. The number of ether oxygens (including phenoxy) is 2. The Balaban J connectivity index is 0.00000363. The quantitative estimate of drug-likeness (QED) is 0.242. The summed E-state index contributed by atoms with van der Waals surface area (Å²) < 4.78 is 38.0. The lowest BCUT2D eigenvalue weighted by Crippen LogP contribution is -2.38. The number of aliphatic imine (C=N–C) groups is 1. The smallest absolute Gasteiger partial charge is 0.231 e. The first-order valence-corrected chi connectivity index (χ1v) is 11.9. The van der Waals surface area contributed by atoms with Gasteiger partial charge in [-0.05, 0) is 49.1 Å². The van der Waals surface area contributed by atoms with Crippen molar-refractivity contribution in [1.82, 2.24) is 15.4 Å². The maximum Gasteiger partial charge on any atom is 0.231 e. The summed E-state index contributed by atoms with van der Waals surface area (Å²) in [6.45, 7) is 5.04. The van der Waals surface area contributed by atoms with Crippen LogP contribution in [0.3, 0.4) is 0 Å². The minimum Gasteiger partial charge on any atom is -0.454 e. The molecule has 2 aromatic rings. The Labute approximate surface area is 207 Å². The van der Waals surface area contributed by atoms with Gasteiger partial charge >= 0.3 is 0 Å². The van der Waals surface area contributed by atoms with Crippen LogP contribution in [-0.2, 0) is 28.7 Å². The average molecular weight is 574 g/mol. The van der Waals surface area contributed by atoms with Gasteiger partial charge in [0.15, 0.2) is 17.5 Å². The predicted molar refractivity (Wildman–Crippen MR) is 137 cm³/mol. The van der Waals surface area contributed by atoms with E-state index in [9.17, 15) is 8.42 Å². The first-order valence-electron chi connectivity index (χ1n) is 10.3. The lowest BCUT2D eigenvalue weighted by atomic mass is 10.1. The largest absolute Gasteiger partial charge is 0.454 e. The van der Waals surface area contributed by atoms with Crippen molar-refractivity contribution in [3.63, 3.8) is 0 Å². The van der Waals surface area contributed by atoms with Gasteiger partial charge in [-0.1, -0.05) is 30.3 Å². The molecule has 2 aromatic carbocycles. The Morgan fingerprint density at radius 3 is 2.50 bits per heavy atom. The van der Waals surface area contributed by atoms with Crippen LogP contribution in [0, 0.1) is 0 Å². The van der Waals surface area contributed by atoms with Gasteiger partial charge in [0.25, 0.3) is 0 Å². The summed E-state index contributed by atoms with van der Waals surface area (Å²) in [4.78, 5) is 4.25. The molecule has 1 heterocycles. The van der Waals surface area contributed by atoms with Crippen LogP contribution in [0.15, 0.2) is 47.5 Å². The summed E-state index contributed by atoms with van der Waals surface area (Å²) >= 11 is 0. The maximum absolute atomic E-state index is 12.3. The number of guanidine groups is 1. The van der Waals surface area contributed by atoms with Crippen molar-refractivity contribution < 1.29 is 17.9 Å². The van der Waals surface area contributed by atoms with Gasteiger partial charge < -0.3 is 20.1 Å². The zero-order chi connectivity index (χ0) is 22.3. The van der Waals surface area contributed by atoms with Gasteiger partial charge in [-0.15, -0.1) is 24.0 Å². The van der Waals surface area contributed by atoms with Crippen molar-refractivity contribution in [2.24, 2.45) is 4.99 Å². The summed E-state index contributed by atoms with van der Waals surface area (Å²) in [6.07, 6.45) is 0.799. The molecule has 0 saturated heterocycles. The molecule has 0 amide bonds. The predicted octanol–water partition coefficient (Wildman–Crippen LogP) is 2.77. The number of rotatable bonds is 9. The summed E-state index contributed by atoms with van der Waals surface area (Å²) in [5.74, 6) is 2.15. The number of hydrogen-bond acceptors (Lipinski definition) is 5. The number of fused-ring (bicyclic) bond motifs is 1. The monoisotopic (exact) mass is 574 g/mol. The molecule has 3 N–H and O–H groups in total. The highest BCUT2D eigenvalue weighted by Crippen LogP contribution is 2.32. The molecule has 10 heteroatoms. The fraction of sp³-hybridized carbons (Fsp3) is 0.409. The SMILES string of the molecule is CN=C(NCCc1ccc2c(c1)OCO2)NCc1ccccc1CS(=O)(=O)NC(C)C.I. The van der Waals surface area contributed by atoms with E-state index in [0.29, 0.717) is 19.0 Å². The minimum absolute atomic E-state index is 0. The van der Waals surface area contributed by atoms with Gasteiger partial charge in [0.2, 0.25) is 16.8 Å². The maximum atomic E-state index is 12.3. The third kappa shape index (κ3) is 7.82. The van der Waals surface area contributed by atoms with E-state index in [-0.39, 0.29) is 42.6 Å². The fourth-order valence-corrected chi connectivity index (χ4v) is 4.79. The van der Waals surface area contributed by atoms with Gasteiger partial charge in [0.1, 0.15) is 0 Å². The lowest BCUT2D eigenvalue weighted by molar-refractivity contribution is 0.174. The van der Waals surface area contributed by atoms with Crippen LogP contribution in [0.1, 0.15) is 30.5 Å². The lowest BCUT2D eigenvalue weighted by Gasteiger charge is -2.15. The summed E-state index contributed by atoms with van der Waals surface area (Å²) in [6, 6.07) is 13.3. The number of hydrogen-bond donors (Lipinski definition) is 3. The van der Waals surface area contributed by atoms with Gasteiger partial charge in [-0.25, -0.2) is 13.1 Å². The van der Waals surface area contributed by atoms with Crippen LogP contribution in [-0.4, -0.2) is 40.8 Å². The Kier molecular flexibility index (Phi) is 10.0. The molecule has 0 bridgehead atoms. The molecule has 32 heavy (non-hydrogen) atoms. The molecule has 0 spiro atoms. The molecule has 0 atom stereocenters. The highest BCUT2D eigenvalue weighted by Gasteiger charge is 2.16. The van der Waals surface area contributed by atoms with E-state index in [0.717, 1.165) is 34.6 Å². The molecule has 3 rings (SSSR count). The van der Waals surface area contributed by atoms with E-state index in [4.69, 9.17) is 9.47 Å². The van der Waals surface area contributed by atoms with Crippen molar-refractivity contribution in [1.29, 1.82) is 0 Å². The van der Waals surface area contributed by atoms with Crippen molar-refractivity contribution >= 4 is 40.0 Å². The molecule has 8 nitrogen and oxygen atoms in total. The van der Waals surface area contributed by atoms with E-state index in [2.05, 4.69) is 20.3 Å². The van der Waals surface area contributed by atoms with Gasteiger partial charge in [-0.3, -0.25) is 4.99 Å². The Bertz CT molecular complexity index is 1030. The highest BCUT2D eigenvalue weighted by atomic mass is 127. The first-order chi connectivity index (χ1) is 14.9. The number of benzene rings is 2. The van der Waals surface area contributed by atoms with Gasteiger partial charge in [0.05, 0.1) is 5.75 Å². The normalized spacial score (nSPS) is 13.1. The Hall–Kier alpha value is -2.05. The molecule has 0 aromatic heterocycles. The first kappa shape index (κ1) is 26.2. The fourth-order valence-electron chi connectivity index (χ4n) is 3.30. The number of nitrogens with one attached hydrogen (secondary N) is 3. The number of sulfonamides is 1. The molecule has 0 radical (unpaired) electrons. The third-order valence-corrected chi connectivity index (χ3v) is 6.21. The van der Waals surface area contributed by atoms with E-state index < -0.39 is 10.0 Å². The molecule has 0 aliphatic carbocycles. The van der Waals surface area contributed by atoms with Crippen LogP contribution in [0.2, 0.25) is 0 Å². The second-order valence-corrected chi connectivity index (χ2v) is 9.34. The van der Waals surface area contributed by atoms with Gasteiger partial charge in [-0.2, -0.15) is 0 Å².